The van der Waals surface area contributed by atoms with Crippen molar-refractivity contribution in [2.75, 3.05) is 0 Å². The molecule has 0 aliphatic heterocycles. The highest BCUT2D eigenvalue weighted by molar-refractivity contribution is 6.20. The van der Waals surface area contributed by atoms with Gasteiger partial charge in [-0.2, -0.15) is 0 Å². The van der Waals surface area contributed by atoms with Crippen LogP contribution in [0.15, 0.2) is 36.4 Å². The Kier molecular flexibility index (Phi) is 3.85. The molecule has 0 fully saturated rings. The fraction of sp³-hybridized carbons (Fsp3) is 0.143. The van der Waals surface area contributed by atoms with Crippen LogP contribution < -0.4 is 9.31 Å². The Morgan fingerprint density at radius 2 is 1.21 bits per heavy atom. The molecule has 4 nitrogen and oxygen atoms in total. The third-order valence-corrected chi connectivity index (χ3v) is 2.73. The second kappa shape index (κ2) is 5.56. The standard InChI is InChI=1S/C14H14BO4/c1-9-3-5-11(7-13(9)16)18-15-19-12-6-4-10(2)14(17)8-12/h3-8,16-17H,1-2H3. The topological polar surface area (TPSA) is 58.9 Å². The summed E-state index contributed by atoms with van der Waals surface area (Å²) in [5.74, 6) is 1.27. The number of phenols is 2. The van der Waals surface area contributed by atoms with Crippen molar-refractivity contribution in [3.63, 3.8) is 0 Å². The van der Waals surface area contributed by atoms with Gasteiger partial charge in [0.25, 0.3) is 0 Å². The average Bonchev–Trinajstić information content (AvgIpc) is 2.38. The van der Waals surface area contributed by atoms with Crippen LogP contribution in [0.4, 0.5) is 0 Å². The molecule has 0 saturated heterocycles. The van der Waals surface area contributed by atoms with Crippen LogP contribution in [-0.2, 0) is 0 Å². The minimum absolute atomic E-state index is 0.166. The van der Waals surface area contributed by atoms with E-state index in [1.165, 1.54) is 12.1 Å². The zero-order valence-corrected chi connectivity index (χ0v) is 10.8. The number of hydrogen-bond acceptors (Lipinski definition) is 4. The first-order valence-corrected chi connectivity index (χ1v) is 5.80. The van der Waals surface area contributed by atoms with E-state index in [0.717, 1.165) is 18.8 Å². The minimum atomic E-state index is 0.166. The summed E-state index contributed by atoms with van der Waals surface area (Å²) >= 11 is 0. The second-order valence-electron chi connectivity index (χ2n) is 4.23. The molecule has 0 aromatic heterocycles. The van der Waals surface area contributed by atoms with Crippen LogP contribution in [0.1, 0.15) is 11.1 Å². The van der Waals surface area contributed by atoms with Gasteiger partial charge in [0.15, 0.2) is 0 Å². The van der Waals surface area contributed by atoms with Gasteiger partial charge in [-0.05, 0) is 37.1 Å². The molecular formula is C14H14BO4. The molecule has 2 aromatic carbocycles. The monoisotopic (exact) mass is 257 g/mol. The number of hydrogen-bond donors (Lipinski definition) is 2. The van der Waals surface area contributed by atoms with Crippen molar-refractivity contribution in [2.45, 2.75) is 13.8 Å². The molecule has 97 valence electrons. The summed E-state index contributed by atoms with van der Waals surface area (Å²) in [5, 5.41) is 19.0. The summed E-state index contributed by atoms with van der Waals surface area (Å²) in [6.07, 6.45) is 0. The Morgan fingerprint density at radius 1 is 0.789 bits per heavy atom. The summed E-state index contributed by atoms with van der Waals surface area (Å²) in [6, 6.07) is 9.94. The van der Waals surface area contributed by atoms with E-state index in [9.17, 15) is 10.2 Å². The summed E-state index contributed by atoms with van der Waals surface area (Å²) in [7, 11) is 1.15. The zero-order valence-electron chi connectivity index (χ0n) is 10.8. The zero-order chi connectivity index (χ0) is 13.8. The SMILES string of the molecule is Cc1ccc(O[B]Oc2ccc(C)c(O)c2)cc1O. The largest absolute Gasteiger partial charge is 0.658 e. The Morgan fingerprint density at radius 3 is 1.58 bits per heavy atom. The van der Waals surface area contributed by atoms with Gasteiger partial charge in [-0.25, -0.2) is 0 Å². The summed E-state index contributed by atoms with van der Waals surface area (Å²) in [4.78, 5) is 0. The van der Waals surface area contributed by atoms with Crippen LogP contribution in [-0.4, -0.2) is 17.9 Å². The Bertz CT molecular complexity index is 532. The summed E-state index contributed by atoms with van der Waals surface area (Å²) in [6.45, 7) is 3.60. The number of phenolic OH excluding ortho intramolecular Hbond substituents is 2. The molecule has 0 heterocycles. The van der Waals surface area contributed by atoms with Crippen molar-refractivity contribution in [2.24, 2.45) is 0 Å². The molecule has 0 atom stereocenters. The van der Waals surface area contributed by atoms with Gasteiger partial charge in [-0.1, -0.05) is 12.1 Å². The van der Waals surface area contributed by atoms with Gasteiger partial charge < -0.3 is 19.5 Å². The van der Waals surface area contributed by atoms with Crippen molar-refractivity contribution < 1.29 is 19.5 Å². The molecule has 0 aliphatic carbocycles. The molecule has 0 bridgehead atoms. The molecule has 0 aliphatic rings. The van der Waals surface area contributed by atoms with E-state index in [4.69, 9.17) is 9.31 Å². The lowest BCUT2D eigenvalue weighted by molar-refractivity contribution is 0.440. The predicted octanol–water partition coefficient (Wildman–Crippen LogP) is 2.71. The number of aryl methyl sites for hydroxylation is 2. The van der Waals surface area contributed by atoms with E-state index in [2.05, 4.69) is 0 Å². The van der Waals surface area contributed by atoms with Gasteiger partial charge >= 0.3 is 7.69 Å². The molecule has 1 radical (unpaired) electrons. The highest BCUT2D eigenvalue weighted by Crippen LogP contribution is 2.24. The van der Waals surface area contributed by atoms with Crippen molar-refractivity contribution in [1.82, 2.24) is 0 Å². The molecule has 0 unspecified atom stereocenters. The van der Waals surface area contributed by atoms with Gasteiger partial charge in [-0.3, -0.25) is 0 Å². The van der Waals surface area contributed by atoms with Crippen LogP contribution in [0.25, 0.3) is 0 Å². The lowest BCUT2D eigenvalue weighted by atomic mass is 10.2. The van der Waals surface area contributed by atoms with E-state index in [1.54, 1.807) is 38.1 Å². The Balaban J connectivity index is 1.92. The minimum Gasteiger partial charge on any atom is -0.526 e. The third kappa shape index (κ3) is 3.34. The second-order valence-corrected chi connectivity index (χ2v) is 4.23. The Labute approximate surface area is 112 Å². The normalized spacial score (nSPS) is 10.0. The van der Waals surface area contributed by atoms with Crippen LogP contribution in [0.5, 0.6) is 23.0 Å². The highest BCUT2D eigenvalue weighted by Gasteiger charge is 2.05. The lowest BCUT2D eigenvalue weighted by Crippen LogP contribution is -2.10. The van der Waals surface area contributed by atoms with Crippen molar-refractivity contribution in [3.05, 3.63) is 47.5 Å². The van der Waals surface area contributed by atoms with E-state index in [0.29, 0.717) is 11.5 Å². The number of aromatic hydroxyl groups is 2. The first kappa shape index (κ1) is 13.1. The first-order valence-electron chi connectivity index (χ1n) is 5.80. The molecule has 19 heavy (non-hydrogen) atoms. The molecule has 2 aromatic rings. The Hall–Kier alpha value is -2.30. The maximum Gasteiger partial charge on any atom is 0.658 e. The maximum atomic E-state index is 9.52. The van der Waals surface area contributed by atoms with Gasteiger partial charge in [-0.15, -0.1) is 0 Å². The van der Waals surface area contributed by atoms with Crippen LogP contribution in [0.3, 0.4) is 0 Å². The quantitative estimate of drug-likeness (QED) is 0.827. The predicted molar refractivity (Wildman–Crippen MR) is 72.7 cm³/mol. The molecule has 2 N–H and O–H groups in total. The number of benzene rings is 2. The fourth-order valence-corrected chi connectivity index (χ4v) is 1.46. The van der Waals surface area contributed by atoms with Gasteiger partial charge in [0.2, 0.25) is 0 Å². The maximum absolute atomic E-state index is 9.52. The molecule has 0 saturated carbocycles. The van der Waals surface area contributed by atoms with Crippen LogP contribution in [0.2, 0.25) is 0 Å². The van der Waals surface area contributed by atoms with Gasteiger partial charge in [0.1, 0.15) is 23.0 Å². The average molecular weight is 257 g/mol. The summed E-state index contributed by atoms with van der Waals surface area (Å²) in [5.41, 5.74) is 1.55. The van der Waals surface area contributed by atoms with E-state index >= 15 is 0 Å². The lowest BCUT2D eigenvalue weighted by Gasteiger charge is -2.08. The molecular weight excluding hydrogens is 243 g/mol. The van der Waals surface area contributed by atoms with Crippen LogP contribution in [0, 0.1) is 13.8 Å². The van der Waals surface area contributed by atoms with E-state index < -0.39 is 0 Å². The highest BCUT2D eigenvalue weighted by atomic mass is 16.6. The smallest absolute Gasteiger partial charge is 0.526 e. The molecule has 0 spiro atoms. The van der Waals surface area contributed by atoms with Crippen molar-refractivity contribution >= 4 is 7.69 Å². The molecule has 5 heteroatoms. The van der Waals surface area contributed by atoms with Gasteiger partial charge in [0.05, 0.1) is 0 Å². The van der Waals surface area contributed by atoms with Crippen LogP contribution >= 0.6 is 0 Å². The fourth-order valence-electron chi connectivity index (χ4n) is 1.46. The van der Waals surface area contributed by atoms with E-state index in [1.807, 2.05) is 0 Å². The molecule has 2 rings (SSSR count). The van der Waals surface area contributed by atoms with E-state index in [-0.39, 0.29) is 11.5 Å². The van der Waals surface area contributed by atoms with Gasteiger partial charge in [0, 0.05) is 12.1 Å². The number of rotatable bonds is 4. The van der Waals surface area contributed by atoms with Crippen molar-refractivity contribution in [3.8, 4) is 23.0 Å². The summed E-state index contributed by atoms with van der Waals surface area (Å²) < 4.78 is 10.5. The van der Waals surface area contributed by atoms with Crippen molar-refractivity contribution in [1.29, 1.82) is 0 Å². The third-order valence-electron chi connectivity index (χ3n) is 2.73. The molecule has 0 amide bonds. The first-order chi connectivity index (χ1) is 9.06.